The molecule has 19 heavy (non-hydrogen) atoms. The van der Waals surface area contributed by atoms with Gasteiger partial charge in [0.1, 0.15) is 5.82 Å². The summed E-state index contributed by atoms with van der Waals surface area (Å²) >= 11 is 3.52. The summed E-state index contributed by atoms with van der Waals surface area (Å²) in [7, 11) is 0. The molecule has 2 rings (SSSR count). The Bertz CT molecular complexity index is 508. The van der Waals surface area contributed by atoms with Crippen molar-refractivity contribution < 1.29 is 0 Å². The van der Waals surface area contributed by atoms with Crippen LogP contribution in [0.3, 0.4) is 0 Å². The molecule has 4 heteroatoms. The minimum atomic E-state index is 0.305. The van der Waals surface area contributed by atoms with Crippen LogP contribution in [-0.2, 0) is 6.42 Å². The zero-order valence-electron chi connectivity index (χ0n) is 11.4. The number of halogens is 1. The number of aromatic amines is 1. The van der Waals surface area contributed by atoms with E-state index < -0.39 is 0 Å². The van der Waals surface area contributed by atoms with E-state index >= 15 is 0 Å². The Morgan fingerprint density at radius 1 is 1.42 bits per heavy atom. The molecule has 1 aromatic heterocycles. The first kappa shape index (κ1) is 14.3. The predicted molar refractivity (Wildman–Crippen MR) is 82.2 cm³/mol. The molecule has 1 unspecified atom stereocenters. The van der Waals surface area contributed by atoms with Crippen molar-refractivity contribution >= 4 is 15.9 Å². The number of imidazole rings is 1. The van der Waals surface area contributed by atoms with Gasteiger partial charge in [-0.1, -0.05) is 28.9 Å². The van der Waals surface area contributed by atoms with E-state index in [9.17, 15) is 0 Å². The van der Waals surface area contributed by atoms with E-state index in [0.29, 0.717) is 6.04 Å². The lowest BCUT2D eigenvalue weighted by Gasteiger charge is -2.20. The highest BCUT2D eigenvalue weighted by atomic mass is 79.9. The molecule has 1 heterocycles. The number of aryl methyl sites for hydroxylation is 1. The minimum absolute atomic E-state index is 0.305. The summed E-state index contributed by atoms with van der Waals surface area (Å²) in [6.07, 6.45) is 5.70. The predicted octanol–water partition coefficient (Wildman–Crippen LogP) is 3.76. The van der Waals surface area contributed by atoms with Crippen molar-refractivity contribution in [3.8, 4) is 0 Å². The van der Waals surface area contributed by atoms with Crippen molar-refractivity contribution in [3.63, 3.8) is 0 Å². The van der Waals surface area contributed by atoms with Crippen molar-refractivity contribution in [1.29, 1.82) is 0 Å². The van der Waals surface area contributed by atoms with E-state index in [2.05, 4.69) is 63.3 Å². The minimum Gasteiger partial charge on any atom is -0.349 e. The van der Waals surface area contributed by atoms with E-state index in [1.54, 1.807) is 6.20 Å². The van der Waals surface area contributed by atoms with Crippen molar-refractivity contribution in [1.82, 2.24) is 15.3 Å². The third-order valence-electron chi connectivity index (χ3n) is 3.20. The average molecular weight is 322 g/mol. The van der Waals surface area contributed by atoms with Crippen LogP contribution in [0.1, 0.15) is 36.3 Å². The first-order valence-corrected chi connectivity index (χ1v) is 7.47. The molecule has 0 radical (unpaired) electrons. The highest BCUT2D eigenvalue weighted by Crippen LogP contribution is 2.24. The van der Waals surface area contributed by atoms with Crippen LogP contribution in [0.15, 0.2) is 35.1 Å². The fourth-order valence-corrected chi connectivity index (χ4v) is 2.72. The van der Waals surface area contributed by atoms with Crippen LogP contribution in [0.4, 0.5) is 0 Å². The third-order valence-corrected chi connectivity index (χ3v) is 3.69. The Morgan fingerprint density at radius 3 is 2.89 bits per heavy atom. The molecule has 0 amide bonds. The van der Waals surface area contributed by atoms with Gasteiger partial charge in [-0.05, 0) is 43.1 Å². The van der Waals surface area contributed by atoms with Crippen molar-refractivity contribution in [3.05, 3.63) is 52.0 Å². The molecular formula is C15H20BrN3. The molecule has 0 spiro atoms. The largest absolute Gasteiger partial charge is 0.349 e. The number of nitrogens with one attached hydrogen (secondary N) is 2. The van der Waals surface area contributed by atoms with Crippen LogP contribution >= 0.6 is 15.9 Å². The average Bonchev–Trinajstić information content (AvgIpc) is 2.88. The summed E-state index contributed by atoms with van der Waals surface area (Å²) in [5.41, 5.74) is 2.64. The Morgan fingerprint density at radius 2 is 2.26 bits per heavy atom. The Hall–Kier alpha value is -1.13. The SMILES string of the molecule is CCCNC(Cc1ncc[nH]1)c1ccc(Br)cc1C. The highest BCUT2D eigenvalue weighted by molar-refractivity contribution is 9.10. The molecule has 0 saturated carbocycles. The summed E-state index contributed by atoms with van der Waals surface area (Å²) in [6.45, 7) is 5.36. The summed E-state index contributed by atoms with van der Waals surface area (Å²) in [5, 5.41) is 3.61. The van der Waals surface area contributed by atoms with Crippen LogP contribution in [0.2, 0.25) is 0 Å². The van der Waals surface area contributed by atoms with Gasteiger partial charge in [0.25, 0.3) is 0 Å². The van der Waals surface area contributed by atoms with Gasteiger partial charge in [0.15, 0.2) is 0 Å². The molecule has 2 aromatic rings. The monoisotopic (exact) mass is 321 g/mol. The van der Waals surface area contributed by atoms with Gasteiger partial charge < -0.3 is 10.3 Å². The number of benzene rings is 1. The molecular weight excluding hydrogens is 302 g/mol. The van der Waals surface area contributed by atoms with Crippen LogP contribution in [0, 0.1) is 6.92 Å². The first-order valence-electron chi connectivity index (χ1n) is 6.68. The second-order valence-electron chi connectivity index (χ2n) is 4.75. The summed E-state index contributed by atoms with van der Waals surface area (Å²) in [5.74, 6) is 1.02. The van der Waals surface area contributed by atoms with Crippen molar-refractivity contribution in [2.24, 2.45) is 0 Å². The van der Waals surface area contributed by atoms with Crippen molar-refractivity contribution in [2.45, 2.75) is 32.7 Å². The van der Waals surface area contributed by atoms with Gasteiger partial charge >= 0.3 is 0 Å². The van der Waals surface area contributed by atoms with E-state index in [-0.39, 0.29) is 0 Å². The molecule has 0 aliphatic rings. The number of nitrogens with zero attached hydrogens (tertiary/aromatic N) is 1. The smallest absolute Gasteiger partial charge is 0.107 e. The van der Waals surface area contributed by atoms with Crippen LogP contribution in [0.25, 0.3) is 0 Å². The molecule has 102 valence electrons. The number of H-pyrrole nitrogens is 1. The van der Waals surface area contributed by atoms with Crippen LogP contribution < -0.4 is 5.32 Å². The van der Waals surface area contributed by atoms with Crippen LogP contribution in [-0.4, -0.2) is 16.5 Å². The summed E-state index contributed by atoms with van der Waals surface area (Å²) < 4.78 is 1.13. The summed E-state index contributed by atoms with van der Waals surface area (Å²) in [4.78, 5) is 7.52. The van der Waals surface area contributed by atoms with E-state index in [0.717, 1.165) is 29.7 Å². The molecule has 1 atom stereocenters. The van der Waals surface area contributed by atoms with Gasteiger partial charge in [-0.2, -0.15) is 0 Å². The molecule has 0 bridgehead atoms. The molecule has 0 fully saturated rings. The lowest BCUT2D eigenvalue weighted by Crippen LogP contribution is -2.25. The molecule has 0 saturated heterocycles. The molecule has 0 aliphatic carbocycles. The lowest BCUT2D eigenvalue weighted by molar-refractivity contribution is 0.518. The maximum atomic E-state index is 4.33. The van der Waals surface area contributed by atoms with Crippen LogP contribution in [0.5, 0.6) is 0 Å². The number of hydrogen-bond donors (Lipinski definition) is 2. The topological polar surface area (TPSA) is 40.7 Å². The van der Waals surface area contributed by atoms with Gasteiger partial charge in [-0.15, -0.1) is 0 Å². The Labute approximate surface area is 123 Å². The zero-order valence-corrected chi connectivity index (χ0v) is 13.0. The number of rotatable bonds is 6. The van der Waals surface area contributed by atoms with E-state index in [4.69, 9.17) is 0 Å². The fourth-order valence-electron chi connectivity index (χ4n) is 2.24. The van der Waals surface area contributed by atoms with Crippen molar-refractivity contribution in [2.75, 3.05) is 6.54 Å². The summed E-state index contributed by atoms with van der Waals surface area (Å²) in [6, 6.07) is 6.76. The Kier molecular flexibility index (Phi) is 5.16. The normalized spacial score (nSPS) is 12.6. The fraction of sp³-hybridized carbons (Fsp3) is 0.400. The second-order valence-corrected chi connectivity index (χ2v) is 5.66. The first-order chi connectivity index (χ1) is 9.20. The van der Waals surface area contributed by atoms with E-state index in [1.807, 2.05) is 6.20 Å². The second kappa shape index (κ2) is 6.87. The quantitative estimate of drug-likeness (QED) is 0.850. The zero-order chi connectivity index (χ0) is 13.7. The molecule has 3 nitrogen and oxygen atoms in total. The number of hydrogen-bond acceptors (Lipinski definition) is 2. The van der Waals surface area contributed by atoms with Gasteiger partial charge in [-0.3, -0.25) is 0 Å². The lowest BCUT2D eigenvalue weighted by atomic mass is 9.98. The number of aromatic nitrogens is 2. The maximum absolute atomic E-state index is 4.33. The van der Waals surface area contributed by atoms with Gasteiger partial charge in [-0.25, -0.2) is 4.98 Å². The van der Waals surface area contributed by atoms with Gasteiger partial charge in [0.05, 0.1) is 0 Å². The molecule has 1 aromatic carbocycles. The maximum Gasteiger partial charge on any atom is 0.107 e. The van der Waals surface area contributed by atoms with E-state index in [1.165, 1.54) is 11.1 Å². The van der Waals surface area contributed by atoms with Gasteiger partial charge in [0.2, 0.25) is 0 Å². The Balaban J connectivity index is 2.20. The standard InChI is InChI=1S/C15H20BrN3/c1-3-6-17-14(10-15-18-7-8-19-15)13-5-4-12(16)9-11(13)2/h4-5,7-9,14,17H,3,6,10H2,1-2H3,(H,18,19). The highest BCUT2D eigenvalue weighted by Gasteiger charge is 2.15. The molecule has 0 aliphatic heterocycles. The molecule has 2 N–H and O–H groups in total. The van der Waals surface area contributed by atoms with Gasteiger partial charge in [0, 0.05) is 29.3 Å². The third kappa shape index (κ3) is 3.91.